The maximum Gasteiger partial charge on any atom is 0.274 e. The smallest absolute Gasteiger partial charge is 0.274 e. The summed E-state index contributed by atoms with van der Waals surface area (Å²) in [6.07, 6.45) is 2.45. The van der Waals surface area contributed by atoms with E-state index in [1.165, 1.54) is 12.1 Å². The minimum absolute atomic E-state index is 0.0954. The first kappa shape index (κ1) is 24.3. The monoisotopic (exact) mass is 504 g/mol. The lowest BCUT2D eigenvalue weighted by molar-refractivity contribution is 0.189. The fraction of sp³-hybridized carbons (Fsp3) is 0.286. The molecular formula is C28H26ClFN4O2. The van der Waals surface area contributed by atoms with Crippen LogP contribution >= 0.6 is 11.6 Å². The van der Waals surface area contributed by atoms with Crippen molar-refractivity contribution in [3.63, 3.8) is 0 Å². The van der Waals surface area contributed by atoms with E-state index in [-0.39, 0.29) is 34.2 Å². The summed E-state index contributed by atoms with van der Waals surface area (Å²) in [6.45, 7) is 7.49. The predicted molar refractivity (Wildman–Crippen MR) is 137 cm³/mol. The van der Waals surface area contributed by atoms with Gasteiger partial charge in [-0.25, -0.2) is 14.4 Å². The molecule has 8 heteroatoms. The SMILES string of the molecule is Cc1cnc(-c2ccnc(C(C)O)n2)cc1-n1c(C)cc(C2C(C)C2c2ccc(F)cc2)c(Cl)c1=O. The molecule has 0 radical (unpaired) electrons. The number of hydrogen-bond acceptors (Lipinski definition) is 5. The van der Waals surface area contributed by atoms with Crippen LogP contribution in [0.5, 0.6) is 0 Å². The Kier molecular flexibility index (Phi) is 6.22. The van der Waals surface area contributed by atoms with Gasteiger partial charge in [-0.1, -0.05) is 30.7 Å². The van der Waals surface area contributed by atoms with Crippen LogP contribution in [0.1, 0.15) is 60.0 Å². The van der Waals surface area contributed by atoms with E-state index < -0.39 is 6.10 Å². The number of hydrogen-bond donors (Lipinski definition) is 1. The largest absolute Gasteiger partial charge is 0.385 e. The van der Waals surface area contributed by atoms with E-state index in [9.17, 15) is 14.3 Å². The highest BCUT2D eigenvalue weighted by molar-refractivity contribution is 6.31. The fourth-order valence-corrected chi connectivity index (χ4v) is 5.29. The molecule has 4 atom stereocenters. The van der Waals surface area contributed by atoms with Crippen molar-refractivity contribution >= 4 is 11.6 Å². The molecule has 1 N–H and O–H groups in total. The van der Waals surface area contributed by atoms with E-state index >= 15 is 0 Å². The maximum atomic E-state index is 13.6. The first-order valence-corrected chi connectivity index (χ1v) is 12.2. The Hall–Kier alpha value is -3.42. The summed E-state index contributed by atoms with van der Waals surface area (Å²) >= 11 is 6.71. The van der Waals surface area contributed by atoms with E-state index in [4.69, 9.17) is 11.6 Å². The molecule has 0 saturated heterocycles. The van der Waals surface area contributed by atoms with Crippen LogP contribution in [0.2, 0.25) is 5.02 Å². The van der Waals surface area contributed by atoms with Crippen molar-refractivity contribution in [1.82, 2.24) is 19.5 Å². The van der Waals surface area contributed by atoms with Crippen LogP contribution in [0.25, 0.3) is 17.1 Å². The predicted octanol–water partition coefficient (Wildman–Crippen LogP) is 5.67. The zero-order chi connectivity index (χ0) is 25.7. The molecule has 0 bridgehead atoms. The average molecular weight is 505 g/mol. The molecule has 5 rings (SSSR count). The molecule has 1 aromatic carbocycles. The molecule has 0 spiro atoms. The highest BCUT2D eigenvalue weighted by atomic mass is 35.5. The third-order valence-electron chi connectivity index (χ3n) is 6.98. The van der Waals surface area contributed by atoms with Gasteiger partial charge >= 0.3 is 0 Å². The van der Waals surface area contributed by atoms with E-state index in [0.717, 1.165) is 22.4 Å². The van der Waals surface area contributed by atoms with Crippen molar-refractivity contribution in [2.45, 2.75) is 45.6 Å². The topological polar surface area (TPSA) is 80.9 Å². The molecule has 0 amide bonds. The molecule has 184 valence electrons. The lowest BCUT2D eigenvalue weighted by Gasteiger charge is -2.17. The van der Waals surface area contributed by atoms with Gasteiger partial charge in [0, 0.05) is 18.1 Å². The number of aliphatic hydroxyl groups excluding tert-OH is 1. The fourth-order valence-electron chi connectivity index (χ4n) is 5.02. The van der Waals surface area contributed by atoms with Gasteiger partial charge < -0.3 is 5.11 Å². The molecule has 1 aliphatic rings. The summed E-state index contributed by atoms with van der Waals surface area (Å²) in [6, 6.07) is 12.0. The molecule has 1 fully saturated rings. The second-order valence-electron chi connectivity index (χ2n) is 9.49. The third kappa shape index (κ3) is 4.22. The second-order valence-corrected chi connectivity index (χ2v) is 9.87. The highest BCUT2D eigenvalue weighted by Gasteiger charge is 2.49. The van der Waals surface area contributed by atoms with Gasteiger partial charge in [-0.2, -0.15) is 0 Å². The zero-order valence-electron chi connectivity index (χ0n) is 20.4. The first-order valence-electron chi connectivity index (χ1n) is 11.8. The molecule has 3 heterocycles. The van der Waals surface area contributed by atoms with Crippen LogP contribution in [0.4, 0.5) is 4.39 Å². The van der Waals surface area contributed by atoms with Crippen LogP contribution in [-0.4, -0.2) is 24.6 Å². The number of benzene rings is 1. The van der Waals surface area contributed by atoms with Crippen molar-refractivity contribution in [2.75, 3.05) is 0 Å². The summed E-state index contributed by atoms with van der Waals surface area (Å²) in [5.74, 6) is 0.603. The Bertz CT molecular complexity index is 1520. The van der Waals surface area contributed by atoms with Crippen molar-refractivity contribution in [3.05, 3.63) is 104 Å². The maximum absolute atomic E-state index is 13.6. The molecule has 1 saturated carbocycles. The molecule has 1 aliphatic carbocycles. The number of pyridine rings is 2. The van der Waals surface area contributed by atoms with Crippen LogP contribution < -0.4 is 5.56 Å². The standard InChI is InChI=1S/C28H26ClFN4O2/c1-14-13-32-22(21-9-10-31-27(33-21)17(4)35)12-23(14)34-15(2)11-20(26(29)28(34)36)25-16(3)24(25)18-5-7-19(30)8-6-18/h5-13,16-17,24-25,35H,1-4H3. The quantitative estimate of drug-likeness (QED) is 0.379. The van der Waals surface area contributed by atoms with E-state index in [0.29, 0.717) is 22.9 Å². The van der Waals surface area contributed by atoms with E-state index in [1.807, 2.05) is 19.9 Å². The molecular weight excluding hydrogens is 479 g/mol. The van der Waals surface area contributed by atoms with Crippen molar-refractivity contribution < 1.29 is 9.50 Å². The Balaban J connectivity index is 1.55. The number of rotatable bonds is 5. The Morgan fingerprint density at radius 3 is 2.47 bits per heavy atom. The van der Waals surface area contributed by atoms with Crippen molar-refractivity contribution in [1.29, 1.82) is 0 Å². The molecule has 0 aliphatic heterocycles. The van der Waals surface area contributed by atoms with E-state index in [2.05, 4.69) is 21.9 Å². The second kappa shape index (κ2) is 9.22. The minimum atomic E-state index is -0.811. The lowest BCUT2D eigenvalue weighted by Crippen LogP contribution is -2.23. The van der Waals surface area contributed by atoms with Gasteiger partial charge in [0.1, 0.15) is 16.9 Å². The van der Waals surface area contributed by atoms with Crippen molar-refractivity contribution in [2.24, 2.45) is 5.92 Å². The molecule has 36 heavy (non-hydrogen) atoms. The Morgan fingerprint density at radius 1 is 1.06 bits per heavy atom. The summed E-state index contributed by atoms with van der Waals surface area (Å²) in [7, 11) is 0. The van der Waals surface area contributed by atoms with Gasteiger partial charge in [0.2, 0.25) is 0 Å². The normalized spacial score (nSPS) is 19.8. The van der Waals surface area contributed by atoms with Crippen LogP contribution in [0, 0.1) is 25.6 Å². The number of aromatic nitrogens is 4. The summed E-state index contributed by atoms with van der Waals surface area (Å²) in [5, 5.41) is 10.0. The minimum Gasteiger partial charge on any atom is -0.385 e. The number of halogens is 2. The van der Waals surface area contributed by atoms with Crippen molar-refractivity contribution in [3.8, 4) is 17.1 Å². The third-order valence-corrected chi connectivity index (χ3v) is 7.36. The number of nitrogens with zero attached hydrogens (tertiary/aromatic N) is 4. The highest BCUT2D eigenvalue weighted by Crippen LogP contribution is 2.61. The average Bonchev–Trinajstić information content (AvgIpc) is 3.53. The van der Waals surface area contributed by atoms with Crippen LogP contribution in [0.15, 0.2) is 59.7 Å². The van der Waals surface area contributed by atoms with Crippen LogP contribution in [-0.2, 0) is 0 Å². The zero-order valence-corrected chi connectivity index (χ0v) is 21.2. The molecule has 4 unspecified atom stereocenters. The Morgan fingerprint density at radius 2 is 1.78 bits per heavy atom. The summed E-state index contributed by atoms with van der Waals surface area (Å²) < 4.78 is 15.0. The number of aryl methyl sites for hydroxylation is 2. The number of aliphatic hydroxyl groups is 1. The van der Waals surface area contributed by atoms with Crippen LogP contribution in [0.3, 0.4) is 0 Å². The van der Waals surface area contributed by atoms with Gasteiger partial charge in [-0.15, -0.1) is 0 Å². The Labute approximate surface area is 213 Å². The van der Waals surface area contributed by atoms with Gasteiger partial charge in [0.05, 0.1) is 17.1 Å². The molecule has 6 nitrogen and oxygen atoms in total. The van der Waals surface area contributed by atoms with Gasteiger partial charge in [0.25, 0.3) is 5.56 Å². The first-order chi connectivity index (χ1) is 17.2. The lowest BCUT2D eigenvalue weighted by atomic mass is 10.0. The van der Waals surface area contributed by atoms with Gasteiger partial charge in [0.15, 0.2) is 5.82 Å². The molecule has 4 aromatic rings. The summed E-state index contributed by atoms with van der Waals surface area (Å²) in [4.78, 5) is 26.6. The van der Waals surface area contributed by atoms with Gasteiger partial charge in [-0.3, -0.25) is 14.3 Å². The summed E-state index contributed by atoms with van der Waals surface area (Å²) in [5.41, 5.74) is 4.89. The molecule has 3 aromatic heterocycles. The van der Waals surface area contributed by atoms with E-state index in [1.54, 1.807) is 48.1 Å². The van der Waals surface area contributed by atoms with Gasteiger partial charge in [-0.05, 0) is 85.5 Å².